The highest BCUT2D eigenvalue weighted by molar-refractivity contribution is 6.46. The number of carbonyl (C=O) groups is 2. The molecule has 6 heteroatoms. The number of amides is 1. The minimum absolute atomic E-state index is 0.0280. The van der Waals surface area contributed by atoms with Crippen LogP contribution >= 0.6 is 0 Å². The van der Waals surface area contributed by atoms with Crippen molar-refractivity contribution >= 4 is 17.4 Å². The van der Waals surface area contributed by atoms with E-state index in [1.54, 1.807) is 36.4 Å². The summed E-state index contributed by atoms with van der Waals surface area (Å²) < 4.78 is 19.5. The zero-order valence-electron chi connectivity index (χ0n) is 15.2. The molecule has 2 aliphatic rings. The van der Waals surface area contributed by atoms with E-state index in [2.05, 4.69) is 0 Å². The predicted molar refractivity (Wildman–Crippen MR) is 101 cm³/mol. The third-order valence-electron chi connectivity index (χ3n) is 5.18. The van der Waals surface area contributed by atoms with E-state index >= 15 is 0 Å². The minimum atomic E-state index is -0.861. The second-order valence-corrected chi connectivity index (χ2v) is 7.01. The molecule has 2 unspecified atom stereocenters. The minimum Gasteiger partial charge on any atom is -0.507 e. The van der Waals surface area contributed by atoms with Crippen molar-refractivity contribution in [3.8, 4) is 0 Å². The van der Waals surface area contributed by atoms with Gasteiger partial charge in [-0.05, 0) is 30.5 Å². The van der Waals surface area contributed by atoms with E-state index in [4.69, 9.17) is 4.74 Å². The molecule has 1 N–H and O–H groups in total. The van der Waals surface area contributed by atoms with Crippen molar-refractivity contribution in [1.82, 2.24) is 4.90 Å². The number of ether oxygens (including phenoxy) is 1. The Balaban J connectivity index is 1.83. The molecule has 2 fully saturated rings. The molecule has 0 aliphatic carbocycles. The van der Waals surface area contributed by atoms with Gasteiger partial charge in [-0.2, -0.15) is 0 Å². The molecule has 0 aromatic heterocycles. The number of benzene rings is 2. The van der Waals surface area contributed by atoms with Crippen molar-refractivity contribution in [1.29, 1.82) is 0 Å². The van der Waals surface area contributed by atoms with Crippen molar-refractivity contribution in [2.75, 3.05) is 13.2 Å². The van der Waals surface area contributed by atoms with Crippen LogP contribution in [0.25, 0.3) is 5.76 Å². The quantitative estimate of drug-likeness (QED) is 0.501. The van der Waals surface area contributed by atoms with E-state index < -0.39 is 23.5 Å². The number of aliphatic hydroxyl groups excluding tert-OH is 1. The summed E-state index contributed by atoms with van der Waals surface area (Å²) in [5.74, 6) is -2.21. The van der Waals surface area contributed by atoms with Gasteiger partial charge in [0.15, 0.2) is 0 Å². The Kier molecular flexibility index (Phi) is 4.96. The van der Waals surface area contributed by atoms with Gasteiger partial charge in [-0.25, -0.2) is 4.39 Å². The zero-order chi connectivity index (χ0) is 19.7. The van der Waals surface area contributed by atoms with Crippen molar-refractivity contribution < 1.29 is 23.8 Å². The van der Waals surface area contributed by atoms with Gasteiger partial charge in [0.1, 0.15) is 11.6 Å². The van der Waals surface area contributed by atoms with Crippen LogP contribution in [-0.4, -0.2) is 41.0 Å². The topological polar surface area (TPSA) is 66.8 Å². The molecule has 0 spiro atoms. The van der Waals surface area contributed by atoms with Crippen LogP contribution in [0.3, 0.4) is 0 Å². The maximum Gasteiger partial charge on any atom is 0.295 e. The van der Waals surface area contributed by atoms with Crippen LogP contribution in [0, 0.1) is 5.82 Å². The highest BCUT2D eigenvalue weighted by atomic mass is 19.1. The predicted octanol–water partition coefficient (Wildman–Crippen LogP) is 3.43. The molecule has 1 amide bonds. The molecule has 2 heterocycles. The second-order valence-electron chi connectivity index (χ2n) is 7.01. The number of likely N-dealkylation sites (tertiary alicyclic amines) is 1. The van der Waals surface area contributed by atoms with Crippen LogP contribution in [0.4, 0.5) is 4.39 Å². The molecule has 2 atom stereocenters. The van der Waals surface area contributed by atoms with Gasteiger partial charge < -0.3 is 14.7 Å². The summed E-state index contributed by atoms with van der Waals surface area (Å²) in [5, 5.41) is 10.8. The summed E-state index contributed by atoms with van der Waals surface area (Å²) in [5.41, 5.74) is 0.841. The first-order valence-corrected chi connectivity index (χ1v) is 9.27. The van der Waals surface area contributed by atoms with Gasteiger partial charge in [-0.15, -0.1) is 0 Å². The highest BCUT2D eigenvalue weighted by Crippen LogP contribution is 2.40. The summed E-state index contributed by atoms with van der Waals surface area (Å²) in [6, 6.07) is 13.5. The van der Waals surface area contributed by atoms with Crippen LogP contribution in [-0.2, 0) is 14.3 Å². The summed E-state index contributed by atoms with van der Waals surface area (Å²) in [7, 11) is 0. The Labute approximate surface area is 162 Å². The summed E-state index contributed by atoms with van der Waals surface area (Å²) >= 11 is 0. The van der Waals surface area contributed by atoms with Gasteiger partial charge in [0.25, 0.3) is 11.7 Å². The van der Waals surface area contributed by atoms with Crippen molar-refractivity contribution in [3.05, 3.63) is 77.1 Å². The van der Waals surface area contributed by atoms with Crippen LogP contribution < -0.4 is 0 Å². The molecule has 2 saturated heterocycles. The van der Waals surface area contributed by atoms with Crippen molar-refractivity contribution in [3.63, 3.8) is 0 Å². The summed E-state index contributed by atoms with van der Waals surface area (Å²) in [4.78, 5) is 27.0. The van der Waals surface area contributed by atoms with Crippen LogP contribution in [0.15, 0.2) is 60.2 Å². The smallest absolute Gasteiger partial charge is 0.295 e. The third kappa shape index (κ3) is 3.31. The third-order valence-corrected chi connectivity index (χ3v) is 5.18. The number of hydrogen-bond acceptors (Lipinski definition) is 4. The monoisotopic (exact) mass is 381 g/mol. The van der Waals surface area contributed by atoms with E-state index in [9.17, 15) is 19.1 Å². The Morgan fingerprint density at radius 1 is 1.14 bits per heavy atom. The summed E-state index contributed by atoms with van der Waals surface area (Å²) in [6.07, 6.45) is 1.51. The number of nitrogens with zero attached hydrogens (tertiary/aromatic N) is 1. The van der Waals surface area contributed by atoms with E-state index in [1.807, 2.05) is 0 Å². The van der Waals surface area contributed by atoms with Crippen molar-refractivity contribution in [2.45, 2.75) is 25.0 Å². The zero-order valence-corrected chi connectivity index (χ0v) is 15.2. The number of hydrogen-bond donors (Lipinski definition) is 1. The summed E-state index contributed by atoms with van der Waals surface area (Å²) in [6.45, 7) is 0.834. The van der Waals surface area contributed by atoms with Crippen molar-refractivity contribution in [2.24, 2.45) is 0 Å². The van der Waals surface area contributed by atoms with E-state index in [0.717, 1.165) is 12.8 Å². The van der Waals surface area contributed by atoms with E-state index in [0.29, 0.717) is 17.7 Å². The first-order valence-electron chi connectivity index (χ1n) is 9.27. The molecule has 4 rings (SSSR count). The largest absolute Gasteiger partial charge is 0.507 e. The average Bonchev–Trinajstić information content (AvgIpc) is 3.30. The molecular weight excluding hydrogens is 361 g/mol. The molecular formula is C22H20FNO4. The average molecular weight is 381 g/mol. The van der Waals surface area contributed by atoms with Gasteiger partial charge in [0.2, 0.25) is 0 Å². The lowest BCUT2D eigenvalue weighted by Gasteiger charge is -2.27. The molecule has 28 heavy (non-hydrogen) atoms. The maximum absolute atomic E-state index is 13.9. The Hall–Kier alpha value is -2.99. The standard InChI is InChI=1S/C22H20FNO4/c23-16-9-4-8-15(12-16)19-18(20(25)14-6-2-1-3-7-14)21(26)22(27)24(19)13-17-10-5-11-28-17/h1-4,6-9,12,17,19,25H,5,10-11,13H2. The fourth-order valence-electron chi connectivity index (χ4n) is 3.85. The fraction of sp³-hybridized carbons (Fsp3) is 0.273. The molecule has 2 aromatic carbocycles. The lowest BCUT2D eigenvalue weighted by Crippen LogP contribution is -2.36. The number of Topliss-reactive ketones (excluding diaryl/α,β-unsaturated/α-hetero) is 1. The molecule has 2 aliphatic heterocycles. The highest BCUT2D eigenvalue weighted by Gasteiger charge is 2.47. The Morgan fingerprint density at radius 2 is 1.93 bits per heavy atom. The molecule has 2 aromatic rings. The van der Waals surface area contributed by atoms with Crippen LogP contribution in [0.2, 0.25) is 0 Å². The first kappa shape index (κ1) is 18.4. The van der Waals surface area contributed by atoms with Gasteiger partial charge in [-0.1, -0.05) is 42.5 Å². The first-order chi connectivity index (χ1) is 13.6. The number of carbonyl (C=O) groups excluding carboxylic acids is 2. The Morgan fingerprint density at radius 3 is 2.61 bits per heavy atom. The molecule has 0 bridgehead atoms. The maximum atomic E-state index is 13.9. The number of rotatable bonds is 4. The van der Waals surface area contributed by atoms with Gasteiger partial charge in [-0.3, -0.25) is 9.59 Å². The number of ketones is 1. The number of aliphatic hydroxyl groups is 1. The van der Waals surface area contributed by atoms with Crippen LogP contribution in [0.1, 0.15) is 30.0 Å². The Bertz CT molecular complexity index is 935. The lowest BCUT2D eigenvalue weighted by molar-refractivity contribution is -0.140. The van der Waals surface area contributed by atoms with Gasteiger partial charge >= 0.3 is 0 Å². The van der Waals surface area contributed by atoms with E-state index in [-0.39, 0.29) is 24.0 Å². The van der Waals surface area contributed by atoms with Gasteiger partial charge in [0.05, 0.1) is 17.7 Å². The van der Waals surface area contributed by atoms with Gasteiger partial charge in [0, 0.05) is 18.7 Å². The normalized spacial score (nSPS) is 24.1. The molecule has 5 nitrogen and oxygen atoms in total. The second kappa shape index (κ2) is 7.56. The SMILES string of the molecule is O=C1C(=O)N(CC2CCCO2)C(c2cccc(F)c2)C1=C(O)c1ccccc1. The molecule has 144 valence electrons. The lowest BCUT2D eigenvalue weighted by atomic mass is 9.95. The molecule has 0 saturated carbocycles. The van der Waals surface area contributed by atoms with E-state index in [1.165, 1.54) is 23.1 Å². The number of halogens is 1. The van der Waals surface area contributed by atoms with Crippen LogP contribution in [0.5, 0.6) is 0 Å². The fourth-order valence-corrected chi connectivity index (χ4v) is 3.85. The molecule has 0 radical (unpaired) electrons.